The van der Waals surface area contributed by atoms with E-state index in [9.17, 15) is 21.6 Å². The van der Waals surface area contributed by atoms with E-state index in [-0.39, 0.29) is 25.6 Å². The molecule has 1 aliphatic heterocycles. The van der Waals surface area contributed by atoms with Crippen LogP contribution < -0.4 is 0 Å². The van der Waals surface area contributed by atoms with Crippen LogP contribution >= 0.6 is 0 Å². The minimum atomic E-state index is -4.03. The highest BCUT2D eigenvalue weighted by Gasteiger charge is 2.37. The van der Waals surface area contributed by atoms with Gasteiger partial charge in [0, 0.05) is 25.6 Å². The molecule has 0 unspecified atom stereocenters. The van der Waals surface area contributed by atoms with Gasteiger partial charge in [-0.25, -0.2) is 21.6 Å². The second kappa shape index (κ2) is 4.52. The van der Waals surface area contributed by atoms with Crippen molar-refractivity contribution in [1.29, 1.82) is 0 Å². The molecule has 1 aliphatic rings. The van der Waals surface area contributed by atoms with Gasteiger partial charge in [0.2, 0.25) is 10.0 Å². The molecular formula is C10H10F3NO3S. The van der Waals surface area contributed by atoms with E-state index in [2.05, 4.69) is 0 Å². The van der Waals surface area contributed by atoms with E-state index >= 15 is 0 Å². The summed E-state index contributed by atoms with van der Waals surface area (Å²) in [5.74, 6) is -4.97. The van der Waals surface area contributed by atoms with E-state index in [1.54, 1.807) is 0 Å². The molecule has 18 heavy (non-hydrogen) atoms. The summed E-state index contributed by atoms with van der Waals surface area (Å²) < 4.78 is 63.4. The molecule has 2 rings (SSSR count). The Hall–Kier alpha value is -1.12. The highest BCUT2D eigenvalue weighted by molar-refractivity contribution is 7.89. The third-order valence-electron chi connectivity index (χ3n) is 2.78. The minimum Gasteiger partial charge on any atom is -0.396 e. The molecule has 4 nitrogen and oxygen atoms in total. The standard InChI is InChI=1S/C10H10F3NO3S/c11-8-1-7(2-9(12)10(8)13)18(16,17)14-3-6(4-14)5-15/h1-2,6,15H,3-5H2. The lowest BCUT2D eigenvalue weighted by atomic mass is 10.1. The number of aliphatic hydroxyl groups excluding tert-OH is 1. The van der Waals surface area contributed by atoms with Crippen LogP contribution in [0.5, 0.6) is 0 Å². The Balaban J connectivity index is 2.32. The first-order valence-corrected chi connectivity index (χ1v) is 6.56. The Kier molecular flexibility index (Phi) is 3.35. The van der Waals surface area contributed by atoms with Gasteiger partial charge in [0.05, 0.1) is 4.90 Å². The van der Waals surface area contributed by atoms with Crippen molar-refractivity contribution in [1.82, 2.24) is 4.31 Å². The van der Waals surface area contributed by atoms with Crippen molar-refractivity contribution < 1.29 is 26.7 Å². The van der Waals surface area contributed by atoms with Crippen molar-refractivity contribution in [3.63, 3.8) is 0 Å². The van der Waals surface area contributed by atoms with Gasteiger partial charge in [-0.1, -0.05) is 0 Å². The number of rotatable bonds is 3. The molecule has 0 amide bonds. The first-order chi connectivity index (χ1) is 8.36. The number of hydrogen-bond donors (Lipinski definition) is 1. The zero-order valence-corrected chi connectivity index (χ0v) is 9.92. The molecule has 0 radical (unpaired) electrons. The predicted molar refractivity (Wildman–Crippen MR) is 55.7 cm³/mol. The van der Waals surface area contributed by atoms with Gasteiger partial charge in [-0.15, -0.1) is 0 Å². The Bertz CT molecular complexity index is 547. The summed E-state index contributed by atoms with van der Waals surface area (Å²) in [6.07, 6.45) is 0. The lowest BCUT2D eigenvalue weighted by molar-refractivity contribution is 0.117. The van der Waals surface area contributed by atoms with Gasteiger partial charge in [-0.3, -0.25) is 0 Å². The summed E-state index contributed by atoms with van der Waals surface area (Å²) in [5, 5.41) is 8.77. The van der Waals surface area contributed by atoms with Crippen molar-refractivity contribution in [2.45, 2.75) is 4.90 Å². The van der Waals surface area contributed by atoms with E-state index in [4.69, 9.17) is 5.11 Å². The van der Waals surface area contributed by atoms with Gasteiger partial charge in [-0.05, 0) is 12.1 Å². The fraction of sp³-hybridized carbons (Fsp3) is 0.400. The van der Waals surface area contributed by atoms with Crippen molar-refractivity contribution in [2.75, 3.05) is 19.7 Å². The van der Waals surface area contributed by atoms with E-state index in [0.717, 1.165) is 4.31 Å². The molecule has 0 aromatic heterocycles. The Labute approximate surface area is 102 Å². The average molecular weight is 281 g/mol. The molecule has 0 atom stereocenters. The molecule has 0 bridgehead atoms. The molecular weight excluding hydrogens is 271 g/mol. The van der Waals surface area contributed by atoms with Crippen molar-refractivity contribution >= 4 is 10.0 Å². The van der Waals surface area contributed by atoms with Crippen LogP contribution in [0.15, 0.2) is 17.0 Å². The van der Waals surface area contributed by atoms with Crippen LogP contribution in [0.3, 0.4) is 0 Å². The summed E-state index contributed by atoms with van der Waals surface area (Å²) >= 11 is 0. The van der Waals surface area contributed by atoms with Crippen LogP contribution in [0, 0.1) is 23.4 Å². The normalized spacial score (nSPS) is 17.8. The van der Waals surface area contributed by atoms with E-state index in [0.29, 0.717) is 12.1 Å². The maximum absolute atomic E-state index is 13.0. The lowest BCUT2D eigenvalue weighted by Crippen LogP contribution is -2.51. The number of hydrogen-bond acceptors (Lipinski definition) is 3. The monoisotopic (exact) mass is 281 g/mol. The summed E-state index contributed by atoms with van der Waals surface area (Å²) in [7, 11) is -4.03. The number of sulfonamides is 1. The van der Waals surface area contributed by atoms with Crippen LogP contribution in [-0.2, 0) is 10.0 Å². The van der Waals surface area contributed by atoms with Gasteiger partial charge in [0.15, 0.2) is 17.5 Å². The topological polar surface area (TPSA) is 57.6 Å². The smallest absolute Gasteiger partial charge is 0.243 e. The lowest BCUT2D eigenvalue weighted by Gasteiger charge is -2.36. The Morgan fingerprint density at radius 3 is 2.17 bits per heavy atom. The summed E-state index contributed by atoms with van der Waals surface area (Å²) in [5.41, 5.74) is 0. The largest absolute Gasteiger partial charge is 0.396 e. The molecule has 8 heteroatoms. The van der Waals surface area contributed by atoms with Crippen LogP contribution in [0.2, 0.25) is 0 Å². The van der Waals surface area contributed by atoms with Gasteiger partial charge in [0.1, 0.15) is 0 Å². The fourth-order valence-electron chi connectivity index (χ4n) is 1.66. The zero-order valence-electron chi connectivity index (χ0n) is 9.11. The molecule has 100 valence electrons. The Morgan fingerprint density at radius 1 is 1.22 bits per heavy atom. The molecule has 1 heterocycles. The van der Waals surface area contributed by atoms with Crippen LogP contribution in [-0.4, -0.2) is 37.5 Å². The quantitative estimate of drug-likeness (QED) is 0.830. The molecule has 0 aliphatic carbocycles. The number of halogens is 3. The third kappa shape index (κ3) is 2.11. The minimum absolute atomic E-state index is 0.0828. The molecule has 1 N–H and O–H groups in total. The first kappa shape index (κ1) is 13.3. The molecule has 1 aromatic rings. The molecule has 1 aromatic carbocycles. The second-order valence-corrected chi connectivity index (χ2v) is 6.01. The molecule has 1 saturated heterocycles. The first-order valence-electron chi connectivity index (χ1n) is 5.12. The van der Waals surface area contributed by atoms with Crippen molar-refractivity contribution in [3.05, 3.63) is 29.6 Å². The maximum Gasteiger partial charge on any atom is 0.243 e. The average Bonchev–Trinajstić information content (AvgIpc) is 2.23. The summed E-state index contributed by atoms with van der Waals surface area (Å²) in [6, 6.07) is 0.889. The van der Waals surface area contributed by atoms with Crippen LogP contribution in [0.4, 0.5) is 13.2 Å². The number of benzene rings is 1. The third-order valence-corrected chi connectivity index (χ3v) is 4.59. The van der Waals surface area contributed by atoms with Gasteiger partial charge in [0.25, 0.3) is 0 Å². The molecule has 0 spiro atoms. The fourth-order valence-corrected chi connectivity index (χ4v) is 3.28. The van der Waals surface area contributed by atoms with E-state index in [1.165, 1.54) is 0 Å². The van der Waals surface area contributed by atoms with Gasteiger partial charge < -0.3 is 5.11 Å². The van der Waals surface area contributed by atoms with E-state index in [1.807, 2.05) is 0 Å². The molecule has 0 saturated carbocycles. The van der Waals surface area contributed by atoms with Crippen molar-refractivity contribution in [2.24, 2.45) is 5.92 Å². The van der Waals surface area contributed by atoms with Crippen molar-refractivity contribution in [3.8, 4) is 0 Å². The molecule has 1 fully saturated rings. The number of aliphatic hydroxyl groups is 1. The SMILES string of the molecule is O=S(=O)(c1cc(F)c(F)c(F)c1)N1CC(CO)C1. The Morgan fingerprint density at radius 2 is 1.72 bits per heavy atom. The second-order valence-electron chi connectivity index (χ2n) is 4.07. The van der Waals surface area contributed by atoms with Gasteiger partial charge >= 0.3 is 0 Å². The van der Waals surface area contributed by atoms with Gasteiger partial charge in [-0.2, -0.15) is 4.31 Å². The van der Waals surface area contributed by atoms with Crippen LogP contribution in [0.1, 0.15) is 0 Å². The highest BCUT2D eigenvalue weighted by atomic mass is 32.2. The predicted octanol–water partition coefficient (Wildman–Crippen LogP) is 0.717. The van der Waals surface area contributed by atoms with E-state index < -0.39 is 32.4 Å². The number of nitrogens with zero attached hydrogens (tertiary/aromatic N) is 1. The zero-order chi connectivity index (χ0) is 13.5. The van der Waals surface area contributed by atoms with Crippen LogP contribution in [0.25, 0.3) is 0 Å². The highest BCUT2D eigenvalue weighted by Crippen LogP contribution is 2.26. The summed E-state index contributed by atoms with van der Waals surface area (Å²) in [4.78, 5) is -0.629. The maximum atomic E-state index is 13.0. The summed E-state index contributed by atoms with van der Waals surface area (Å²) in [6.45, 7) is 0.0110.